The summed E-state index contributed by atoms with van der Waals surface area (Å²) in [6, 6.07) is 8.80. The maximum Gasteiger partial charge on any atom is 0.115 e. The molecule has 0 aliphatic rings. The fourth-order valence-corrected chi connectivity index (χ4v) is 1.78. The number of anilines is 4. The van der Waals surface area contributed by atoms with Crippen LogP contribution in [0.15, 0.2) is 30.3 Å². The Kier molecular flexibility index (Phi) is 3.02. The molecule has 0 unspecified atom stereocenters. The van der Waals surface area contributed by atoms with Crippen LogP contribution in [0.3, 0.4) is 0 Å². The van der Waals surface area contributed by atoms with Gasteiger partial charge in [-0.25, -0.2) is 0 Å². The molecule has 0 saturated carbocycles. The lowest BCUT2D eigenvalue weighted by molar-refractivity contribution is 0.475. The quantitative estimate of drug-likeness (QED) is 0.482. The van der Waals surface area contributed by atoms with Gasteiger partial charge in [0.1, 0.15) is 5.75 Å². The molecular weight excluding hydrogens is 226 g/mol. The minimum Gasteiger partial charge on any atom is -0.508 e. The first-order valence-electron chi connectivity index (χ1n) is 5.69. The van der Waals surface area contributed by atoms with Crippen LogP contribution in [0.5, 0.6) is 5.75 Å². The summed E-state index contributed by atoms with van der Waals surface area (Å²) in [5.74, 6) is 0.250. The second-order valence-electron chi connectivity index (χ2n) is 4.42. The predicted octanol–water partition coefficient (Wildman–Crippen LogP) is 2.92. The van der Waals surface area contributed by atoms with Gasteiger partial charge in [-0.05, 0) is 55.3 Å². The van der Waals surface area contributed by atoms with E-state index in [-0.39, 0.29) is 5.75 Å². The summed E-state index contributed by atoms with van der Waals surface area (Å²) < 4.78 is 0. The average molecular weight is 243 g/mol. The number of phenolic OH excluding ortho intramolecular Hbond substituents is 1. The van der Waals surface area contributed by atoms with Crippen LogP contribution in [-0.4, -0.2) is 5.11 Å². The van der Waals surface area contributed by atoms with Gasteiger partial charge in [-0.2, -0.15) is 0 Å². The van der Waals surface area contributed by atoms with E-state index in [0.29, 0.717) is 11.4 Å². The van der Waals surface area contributed by atoms with Crippen molar-refractivity contribution in [1.29, 1.82) is 0 Å². The van der Waals surface area contributed by atoms with Gasteiger partial charge in [-0.3, -0.25) is 0 Å². The third-order valence-electron chi connectivity index (χ3n) is 2.92. The van der Waals surface area contributed by atoms with Crippen LogP contribution in [0, 0.1) is 13.8 Å². The molecule has 0 aliphatic heterocycles. The Morgan fingerprint density at radius 1 is 0.889 bits per heavy atom. The monoisotopic (exact) mass is 243 g/mol. The molecule has 2 rings (SSSR count). The highest BCUT2D eigenvalue weighted by Gasteiger charge is 2.05. The number of phenols is 1. The summed E-state index contributed by atoms with van der Waals surface area (Å²) >= 11 is 0. The van der Waals surface area contributed by atoms with Crippen LogP contribution in [0.25, 0.3) is 0 Å². The Bertz CT molecular complexity index is 594. The van der Waals surface area contributed by atoms with Gasteiger partial charge in [-0.1, -0.05) is 0 Å². The van der Waals surface area contributed by atoms with E-state index >= 15 is 0 Å². The minimum atomic E-state index is 0.250. The topological polar surface area (TPSA) is 84.3 Å². The van der Waals surface area contributed by atoms with Gasteiger partial charge in [-0.15, -0.1) is 0 Å². The van der Waals surface area contributed by atoms with E-state index < -0.39 is 0 Å². The van der Waals surface area contributed by atoms with E-state index in [1.165, 1.54) is 0 Å². The van der Waals surface area contributed by atoms with Crippen molar-refractivity contribution in [3.8, 4) is 5.75 Å². The zero-order valence-corrected chi connectivity index (χ0v) is 10.5. The molecule has 94 valence electrons. The standard InChI is InChI=1S/C14H17N3O/c1-8-6-14(12(16)7-11(8)15)17-13-4-3-10(18)5-9(13)2/h3-7,17-18H,15-16H2,1-2H3. The summed E-state index contributed by atoms with van der Waals surface area (Å²) in [6.45, 7) is 3.85. The molecule has 0 heterocycles. The van der Waals surface area contributed by atoms with E-state index in [0.717, 1.165) is 22.5 Å². The van der Waals surface area contributed by atoms with E-state index in [1.807, 2.05) is 26.0 Å². The van der Waals surface area contributed by atoms with Gasteiger partial charge < -0.3 is 21.9 Å². The SMILES string of the molecule is Cc1cc(Nc2ccc(O)cc2C)c(N)cc1N. The predicted molar refractivity (Wildman–Crippen MR) is 76.1 cm³/mol. The van der Waals surface area contributed by atoms with Crippen LogP contribution in [0.1, 0.15) is 11.1 Å². The molecular formula is C14H17N3O. The Labute approximate surface area is 106 Å². The van der Waals surface area contributed by atoms with Crippen molar-refractivity contribution >= 4 is 22.7 Å². The van der Waals surface area contributed by atoms with Crippen LogP contribution < -0.4 is 16.8 Å². The molecule has 4 heteroatoms. The number of nitrogen functional groups attached to an aromatic ring is 2. The number of benzene rings is 2. The van der Waals surface area contributed by atoms with Crippen molar-refractivity contribution in [3.63, 3.8) is 0 Å². The van der Waals surface area contributed by atoms with E-state index in [9.17, 15) is 5.11 Å². The van der Waals surface area contributed by atoms with Gasteiger partial charge in [0, 0.05) is 11.4 Å². The third kappa shape index (κ3) is 2.32. The van der Waals surface area contributed by atoms with Crippen LogP contribution in [-0.2, 0) is 0 Å². The van der Waals surface area contributed by atoms with Crippen molar-refractivity contribution in [2.45, 2.75) is 13.8 Å². The molecule has 0 aliphatic carbocycles. The molecule has 0 bridgehead atoms. The maximum atomic E-state index is 9.37. The average Bonchev–Trinajstić information content (AvgIpc) is 2.29. The van der Waals surface area contributed by atoms with E-state index in [1.54, 1.807) is 18.2 Å². The van der Waals surface area contributed by atoms with Gasteiger partial charge in [0.05, 0.1) is 11.4 Å². The van der Waals surface area contributed by atoms with E-state index in [2.05, 4.69) is 5.32 Å². The Balaban J connectivity index is 2.37. The number of rotatable bonds is 2. The zero-order chi connectivity index (χ0) is 13.3. The molecule has 0 aromatic heterocycles. The number of hydrogen-bond donors (Lipinski definition) is 4. The number of nitrogens with two attached hydrogens (primary N) is 2. The summed E-state index contributed by atoms with van der Waals surface area (Å²) in [7, 11) is 0. The summed E-state index contributed by atoms with van der Waals surface area (Å²) in [6.07, 6.45) is 0. The first kappa shape index (κ1) is 12.1. The van der Waals surface area contributed by atoms with Gasteiger partial charge in [0.15, 0.2) is 0 Å². The maximum absolute atomic E-state index is 9.37. The molecule has 0 fully saturated rings. The lowest BCUT2D eigenvalue weighted by Crippen LogP contribution is -2.00. The van der Waals surface area contributed by atoms with Crippen molar-refractivity contribution < 1.29 is 5.11 Å². The first-order chi connectivity index (χ1) is 8.47. The molecule has 0 saturated heterocycles. The fraction of sp³-hybridized carbons (Fsp3) is 0.143. The Hall–Kier alpha value is -2.36. The summed E-state index contributed by atoms with van der Waals surface area (Å²) in [5.41, 5.74) is 16.6. The number of aromatic hydroxyl groups is 1. The van der Waals surface area contributed by atoms with Gasteiger partial charge in [0.25, 0.3) is 0 Å². The fourth-order valence-electron chi connectivity index (χ4n) is 1.78. The highest BCUT2D eigenvalue weighted by atomic mass is 16.3. The summed E-state index contributed by atoms with van der Waals surface area (Å²) in [5, 5.41) is 12.6. The largest absolute Gasteiger partial charge is 0.508 e. The second-order valence-corrected chi connectivity index (χ2v) is 4.42. The normalized spacial score (nSPS) is 10.3. The molecule has 0 atom stereocenters. The first-order valence-corrected chi connectivity index (χ1v) is 5.69. The smallest absolute Gasteiger partial charge is 0.115 e. The van der Waals surface area contributed by atoms with Crippen molar-refractivity contribution in [2.75, 3.05) is 16.8 Å². The van der Waals surface area contributed by atoms with Gasteiger partial charge >= 0.3 is 0 Å². The highest BCUT2D eigenvalue weighted by Crippen LogP contribution is 2.30. The molecule has 4 nitrogen and oxygen atoms in total. The molecule has 6 N–H and O–H groups in total. The van der Waals surface area contributed by atoms with Crippen molar-refractivity contribution in [3.05, 3.63) is 41.5 Å². The molecule has 0 amide bonds. The van der Waals surface area contributed by atoms with Gasteiger partial charge in [0.2, 0.25) is 0 Å². The lowest BCUT2D eigenvalue weighted by Gasteiger charge is -2.14. The Morgan fingerprint density at radius 2 is 1.61 bits per heavy atom. The number of hydrogen-bond acceptors (Lipinski definition) is 4. The zero-order valence-electron chi connectivity index (χ0n) is 10.5. The highest BCUT2D eigenvalue weighted by molar-refractivity contribution is 5.78. The minimum absolute atomic E-state index is 0.250. The van der Waals surface area contributed by atoms with E-state index in [4.69, 9.17) is 11.5 Å². The van der Waals surface area contributed by atoms with Crippen molar-refractivity contribution in [2.24, 2.45) is 0 Å². The third-order valence-corrected chi connectivity index (χ3v) is 2.92. The number of nitrogens with one attached hydrogen (secondary N) is 1. The second kappa shape index (κ2) is 4.49. The lowest BCUT2D eigenvalue weighted by atomic mass is 10.1. The van der Waals surface area contributed by atoms with Crippen LogP contribution >= 0.6 is 0 Å². The molecule has 0 spiro atoms. The van der Waals surface area contributed by atoms with Crippen LogP contribution in [0.2, 0.25) is 0 Å². The Morgan fingerprint density at radius 3 is 2.28 bits per heavy atom. The molecule has 2 aromatic rings. The molecule has 2 aromatic carbocycles. The van der Waals surface area contributed by atoms with Crippen LogP contribution in [0.4, 0.5) is 22.7 Å². The van der Waals surface area contributed by atoms with Crippen molar-refractivity contribution in [1.82, 2.24) is 0 Å². The summed E-state index contributed by atoms with van der Waals surface area (Å²) in [4.78, 5) is 0. The number of aryl methyl sites for hydroxylation is 2. The molecule has 0 radical (unpaired) electrons. The molecule has 18 heavy (non-hydrogen) atoms.